The van der Waals surface area contributed by atoms with Gasteiger partial charge >= 0.3 is 0 Å². The number of carbonyl (C=O) groups excluding carboxylic acids is 2. The smallest absolute Gasteiger partial charge is 0.223 e. The van der Waals surface area contributed by atoms with E-state index in [1.54, 1.807) is 12.4 Å². The SMILES string of the molecule is O=C(CC1CC1)N1CC[C@@H]2[C@H]1CCC(=O)N2Cc1ccncc1. The average molecular weight is 313 g/mol. The summed E-state index contributed by atoms with van der Waals surface area (Å²) >= 11 is 0. The van der Waals surface area contributed by atoms with Crippen LogP contribution in [0.5, 0.6) is 0 Å². The van der Waals surface area contributed by atoms with Crippen molar-refractivity contribution in [3.05, 3.63) is 30.1 Å². The molecule has 3 fully saturated rings. The maximum Gasteiger partial charge on any atom is 0.223 e. The first-order valence-electron chi connectivity index (χ1n) is 8.70. The summed E-state index contributed by atoms with van der Waals surface area (Å²) in [5.74, 6) is 1.15. The molecule has 5 heteroatoms. The molecule has 0 spiro atoms. The zero-order valence-electron chi connectivity index (χ0n) is 13.4. The lowest BCUT2D eigenvalue weighted by atomic mass is 9.95. The summed E-state index contributed by atoms with van der Waals surface area (Å²) in [7, 11) is 0. The molecular weight excluding hydrogens is 290 g/mol. The summed E-state index contributed by atoms with van der Waals surface area (Å²) in [5.41, 5.74) is 1.11. The molecule has 1 saturated carbocycles. The standard InChI is InChI=1S/C18H23N3O2/c22-17-4-3-15-16(21(17)12-14-5-8-19-9-6-14)7-10-20(15)18(23)11-13-1-2-13/h5-6,8-9,13,15-16H,1-4,7,10-12H2/t15-,16-/m1/s1. The number of hydrogen-bond donors (Lipinski definition) is 0. The van der Waals surface area contributed by atoms with E-state index in [0.29, 0.717) is 31.2 Å². The summed E-state index contributed by atoms with van der Waals surface area (Å²) in [6.45, 7) is 1.44. The molecular formula is C18H23N3O2. The van der Waals surface area contributed by atoms with Gasteiger partial charge in [0.2, 0.25) is 11.8 Å². The molecule has 1 aromatic rings. The van der Waals surface area contributed by atoms with Gasteiger partial charge < -0.3 is 9.80 Å². The maximum atomic E-state index is 12.5. The normalized spacial score (nSPS) is 27.2. The van der Waals surface area contributed by atoms with Crippen molar-refractivity contribution >= 4 is 11.8 Å². The van der Waals surface area contributed by atoms with Gasteiger partial charge in [-0.1, -0.05) is 0 Å². The van der Waals surface area contributed by atoms with Gasteiger partial charge in [0.25, 0.3) is 0 Å². The third-order valence-electron chi connectivity index (χ3n) is 5.47. The second-order valence-electron chi connectivity index (χ2n) is 7.07. The van der Waals surface area contributed by atoms with E-state index in [2.05, 4.69) is 9.88 Å². The molecule has 2 atom stereocenters. The van der Waals surface area contributed by atoms with Crippen LogP contribution in [0.4, 0.5) is 0 Å². The minimum Gasteiger partial charge on any atom is -0.338 e. The minimum absolute atomic E-state index is 0.188. The Morgan fingerprint density at radius 1 is 1.13 bits per heavy atom. The van der Waals surface area contributed by atoms with Crippen LogP contribution in [-0.4, -0.2) is 45.2 Å². The predicted molar refractivity (Wildman–Crippen MR) is 85.3 cm³/mol. The molecule has 2 saturated heterocycles. The van der Waals surface area contributed by atoms with Crippen LogP contribution >= 0.6 is 0 Å². The molecule has 3 heterocycles. The number of fused-ring (bicyclic) bond motifs is 1. The molecule has 2 aliphatic heterocycles. The Kier molecular flexibility index (Phi) is 3.79. The van der Waals surface area contributed by atoms with Crippen molar-refractivity contribution in [2.45, 2.75) is 57.2 Å². The van der Waals surface area contributed by atoms with Crippen molar-refractivity contribution in [3.63, 3.8) is 0 Å². The highest BCUT2D eigenvalue weighted by Crippen LogP contribution is 2.36. The fourth-order valence-electron chi connectivity index (χ4n) is 4.04. The molecule has 5 nitrogen and oxygen atoms in total. The fourth-order valence-corrected chi connectivity index (χ4v) is 4.04. The molecule has 4 rings (SSSR count). The third kappa shape index (κ3) is 2.96. The summed E-state index contributed by atoms with van der Waals surface area (Å²) in [6, 6.07) is 4.33. The van der Waals surface area contributed by atoms with Gasteiger partial charge in [-0.05, 0) is 49.3 Å². The largest absolute Gasteiger partial charge is 0.338 e. The first kappa shape index (κ1) is 14.7. The lowest BCUT2D eigenvalue weighted by Gasteiger charge is -2.39. The summed E-state index contributed by atoms with van der Waals surface area (Å²) in [6.07, 6.45) is 8.95. The number of aromatic nitrogens is 1. The quantitative estimate of drug-likeness (QED) is 0.854. The van der Waals surface area contributed by atoms with Crippen LogP contribution in [0.1, 0.15) is 44.1 Å². The van der Waals surface area contributed by atoms with Crippen LogP contribution in [0.15, 0.2) is 24.5 Å². The number of piperidine rings is 1. The molecule has 1 aliphatic carbocycles. The Labute approximate surface area is 136 Å². The Balaban J connectivity index is 1.47. The highest BCUT2D eigenvalue weighted by atomic mass is 16.2. The highest BCUT2D eigenvalue weighted by molar-refractivity contribution is 5.80. The molecule has 3 aliphatic rings. The minimum atomic E-state index is 0.188. The number of hydrogen-bond acceptors (Lipinski definition) is 3. The Morgan fingerprint density at radius 3 is 2.65 bits per heavy atom. The Hall–Kier alpha value is -1.91. The van der Waals surface area contributed by atoms with Crippen molar-refractivity contribution in [2.75, 3.05) is 6.54 Å². The first-order chi connectivity index (χ1) is 11.2. The zero-order valence-corrected chi connectivity index (χ0v) is 13.4. The van der Waals surface area contributed by atoms with Crippen molar-refractivity contribution in [2.24, 2.45) is 5.92 Å². The lowest BCUT2D eigenvalue weighted by Crippen LogP contribution is -2.52. The number of pyridine rings is 1. The summed E-state index contributed by atoms with van der Waals surface area (Å²) < 4.78 is 0. The van der Waals surface area contributed by atoms with Crippen LogP contribution in [0.3, 0.4) is 0 Å². The van der Waals surface area contributed by atoms with Crippen molar-refractivity contribution in [1.82, 2.24) is 14.8 Å². The van der Waals surface area contributed by atoms with Crippen LogP contribution in [0.2, 0.25) is 0 Å². The molecule has 1 aromatic heterocycles. The number of amides is 2. The van der Waals surface area contributed by atoms with E-state index in [0.717, 1.165) is 24.9 Å². The zero-order chi connectivity index (χ0) is 15.8. The highest BCUT2D eigenvalue weighted by Gasteiger charge is 2.45. The molecule has 122 valence electrons. The Morgan fingerprint density at radius 2 is 1.91 bits per heavy atom. The predicted octanol–water partition coefficient (Wildman–Crippen LogP) is 1.97. The van der Waals surface area contributed by atoms with Crippen molar-refractivity contribution in [3.8, 4) is 0 Å². The summed E-state index contributed by atoms with van der Waals surface area (Å²) in [4.78, 5) is 33.0. The average Bonchev–Trinajstić information content (AvgIpc) is 3.26. The van der Waals surface area contributed by atoms with Crippen LogP contribution < -0.4 is 0 Å². The lowest BCUT2D eigenvalue weighted by molar-refractivity contribution is -0.142. The van der Waals surface area contributed by atoms with Gasteiger partial charge in [0.1, 0.15) is 0 Å². The Bertz CT molecular complexity index is 600. The number of nitrogens with zero attached hydrogens (tertiary/aromatic N) is 3. The molecule has 0 unspecified atom stereocenters. The van der Waals surface area contributed by atoms with Gasteiger partial charge in [0, 0.05) is 38.3 Å². The number of rotatable bonds is 4. The van der Waals surface area contributed by atoms with E-state index in [1.165, 1.54) is 12.8 Å². The van der Waals surface area contributed by atoms with Gasteiger partial charge in [0.15, 0.2) is 0 Å². The van der Waals surface area contributed by atoms with Crippen molar-refractivity contribution in [1.29, 1.82) is 0 Å². The third-order valence-corrected chi connectivity index (χ3v) is 5.47. The molecule has 0 aromatic carbocycles. The van der Waals surface area contributed by atoms with E-state index < -0.39 is 0 Å². The topological polar surface area (TPSA) is 53.5 Å². The monoisotopic (exact) mass is 313 g/mol. The molecule has 0 radical (unpaired) electrons. The first-order valence-corrected chi connectivity index (χ1v) is 8.70. The molecule has 23 heavy (non-hydrogen) atoms. The second kappa shape index (κ2) is 5.95. The number of likely N-dealkylation sites (tertiary alicyclic amines) is 2. The number of carbonyl (C=O) groups is 2. The maximum absolute atomic E-state index is 12.5. The van der Waals surface area contributed by atoms with E-state index in [4.69, 9.17) is 0 Å². The van der Waals surface area contributed by atoms with Crippen LogP contribution in [-0.2, 0) is 16.1 Å². The van der Waals surface area contributed by atoms with Gasteiger partial charge in [0.05, 0.1) is 12.1 Å². The van der Waals surface area contributed by atoms with Crippen molar-refractivity contribution < 1.29 is 9.59 Å². The van der Waals surface area contributed by atoms with E-state index >= 15 is 0 Å². The molecule has 2 amide bonds. The van der Waals surface area contributed by atoms with Crippen LogP contribution in [0.25, 0.3) is 0 Å². The van der Waals surface area contributed by atoms with Gasteiger partial charge in [-0.15, -0.1) is 0 Å². The van der Waals surface area contributed by atoms with Gasteiger partial charge in [-0.2, -0.15) is 0 Å². The fraction of sp³-hybridized carbons (Fsp3) is 0.611. The van der Waals surface area contributed by atoms with Crippen LogP contribution in [0, 0.1) is 5.92 Å². The van der Waals surface area contributed by atoms with E-state index in [1.807, 2.05) is 17.0 Å². The van der Waals surface area contributed by atoms with Gasteiger partial charge in [-0.25, -0.2) is 0 Å². The van der Waals surface area contributed by atoms with E-state index in [9.17, 15) is 9.59 Å². The van der Waals surface area contributed by atoms with Gasteiger partial charge in [-0.3, -0.25) is 14.6 Å². The summed E-state index contributed by atoms with van der Waals surface area (Å²) in [5, 5.41) is 0. The second-order valence-corrected chi connectivity index (χ2v) is 7.07. The van der Waals surface area contributed by atoms with E-state index in [-0.39, 0.29) is 18.0 Å². The molecule has 0 bridgehead atoms. The molecule has 0 N–H and O–H groups in total.